The Morgan fingerprint density at radius 3 is 2.85 bits per heavy atom. The molecule has 27 heavy (non-hydrogen) atoms. The lowest BCUT2D eigenvalue weighted by atomic mass is 10.0. The summed E-state index contributed by atoms with van der Waals surface area (Å²) < 4.78 is 33.5. The highest BCUT2D eigenvalue weighted by Crippen LogP contribution is 2.35. The number of benzene rings is 1. The first kappa shape index (κ1) is 17.8. The number of nitrogens with two attached hydrogens (primary N) is 1. The Hall–Kier alpha value is -2.58. The highest BCUT2D eigenvalue weighted by atomic mass is 19.1. The van der Waals surface area contributed by atoms with Crippen molar-refractivity contribution in [2.24, 2.45) is 0 Å². The van der Waals surface area contributed by atoms with Gasteiger partial charge in [0.25, 0.3) is 0 Å². The zero-order chi connectivity index (χ0) is 19.3. The van der Waals surface area contributed by atoms with E-state index in [4.69, 9.17) is 10.2 Å². The number of halogens is 2. The van der Waals surface area contributed by atoms with Crippen LogP contribution in [0.15, 0.2) is 22.6 Å². The van der Waals surface area contributed by atoms with E-state index in [1.54, 1.807) is 0 Å². The highest BCUT2D eigenvalue weighted by Gasteiger charge is 2.34. The number of hydrogen-bond donors (Lipinski definition) is 2. The van der Waals surface area contributed by atoms with Crippen LogP contribution in [-0.2, 0) is 6.54 Å². The summed E-state index contributed by atoms with van der Waals surface area (Å²) in [6.45, 7) is 4.25. The number of rotatable bonds is 3. The molecule has 3 heterocycles. The van der Waals surface area contributed by atoms with Crippen molar-refractivity contribution in [3.05, 3.63) is 52.5 Å². The molecular formula is C19H20F2N4O2. The fraction of sp³-hybridized carbons (Fsp3) is 0.368. The lowest BCUT2D eigenvalue weighted by Gasteiger charge is -2.24. The van der Waals surface area contributed by atoms with E-state index in [2.05, 4.69) is 9.97 Å². The molecule has 3 N–H and O–H groups in total. The average molecular weight is 374 g/mol. The lowest BCUT2D eigenvalue weighted by Crippen LogP contribution is -2.26. The van der Waals surface area contributed by atoms with Gasteiger partial charge in [0.1, 0.15) is 29.0 Å². The number of furan rings is 1. The minimum atomic E-state index is -0.646. The van der Waals surface area contributed by atoms with Crippen LogP contribution in [0.4, 0.5) is 14.6 Å². The SMILES string of the molecule is Cc1oc2nc(CN3CC(O)CC3c3cc(F)ccc3F)nc(N)c2c1C. The molecule has 1 aliphatic rings. The number of nitrogens with zero attached hydrogens (tertiary/aromatic N) is 3. The monoisotopic (exact) mass is 374 g/mol. The van der Waals surface area contributed by atoms with E-state index in [0.29, 0.717) is 35.7 Å². The maximum absolute atomic E-state index is 14.2. The summed E-state index contributed by atoms with van der Waals surface area (Å²) in [6, 6.07) is 2.87. The van der Waals surface area contributed by atoms with Crippen molar-refractivity contribution in [2.45, 2.75) is 39.0 Å². The molecule has 0 amide bonds. The van der Waals surface area contributed by atoms with Crippen molar-refractivity contribution in [3.63, 3.8) is 0 Å². The zero-order valence-electron chi connectivity index (χ0n) is 15.0. The molecule has 0 spiro atoms. The van der Waals surface area contributed by atoms with Crippen LogP contribution in [0.2, 0.25) is 0 Å². The summed E-state index contributed by atoms with van der Waals surface area (Å²) in [5.74, 6) is 0.423. The van der Waals surface area contributed by atoms with E-state index in [0.717, 1.165) is 23.5 Å². The molecule has 3 aromatic rings. The predicted octanol–water partition coefficient (Wildman–Crippen LogP) is 3.01. The maximum atomic E-state index is 14.2. The quantitative estimate of drug-likeness (QED) is 0.733. The van der Waals surface area contributed by atoms with E-state index in [-0.39, 0.29) is 12.1 Å². The molecule has 2 atom stereocenters. The number of hydrogen-bond acceptors (Lipinski definition) is 6. The summed E-state index contributed by atoms with van der Waals surface area (Å²) in [7, 11) is 0. The van der Waals surface area contributed by atoms with E-state index in [9.17, 15) is 13.9 Å². The third kappa shape index (κ3) is 3.15. The molecule has 6 nitrogen and oxygen atoms in total. The van der Waals surface area contributed by atoms with Gasteiger partial charge in [-0.05, 0) is 38.5 Å². The Kier molecular flexibility index (Phi) is 4.32. The largest absolute Gasteiger partial charge is 0.443 e. The molecule has 8 heteroatoms. The second-order valence-electron chi connectivity index (χ2n) is 6.99. The standard InChI is InChI=1S/C19H20F2N4O2/c1-9-10(2)27-19-17(9)18(22)23-16(24-19)8-25-7-12(26)6-15(25)13-5-11(20)3-4-14(13)21/h3-5,12,15,26H,6-8H2,1-2H3,(H2,22,23,24). The van der Waals surface area contributed by atoms with Gasteiger partial charge in [-0.15, -0.1) is 0 Å². The minimum Gasteiger partial charge on any atom is -0.443 e. The van der Waals surface area contributed by atoms with Gasteiger partial charge in [-0.25, -0.2) is 13.8 Å². The number of β-amino-alcohol motifs (C(OH)–C–C–N with tert-alkyl or cyclic N) is 1. The average Bonchev–Trinajstić information content (AvgIpc) is 3.09. The number of aromatic nitrogens is 2. The lowest BCUT2D eigenvalue weighted by molar-refractivity contribution is 0.171. The molecule has 4 rings (SSSR count). The Balaban J connectivity index is 1.68. The van der Waals surface area contributed by atoms with Gasteiger partial charge in [0.05, 0.1) is 18.0 Å². The Morgan fingerprint density at radius 2 is 2.07 bits per heavy atom. The van der Waals surface area contributed by atoms with Crippen LogP contribution in [0, 0.1) is 25.5 Å². The van der Waals surface area contributed by atoms with Crippen LogP contribution >= 0.6 is 0 Å². The molecule has 0 saturated carbocycles. The first-order chi connectivity index (χ1) is 12.8. The van der Waals surface area contributed by atoms with Crippen LogP contribution in [0.3, 0.4) is 0 Å². The second-order valence-corrected chi connectivity index (χ2v) is 6.99. The summed E-state index contributed by atoms with van der Waals surface area (Å²) in [6.07, 6.45) is -0.344. The zero-order valence-corrected chi connectivity index (χ0v) is 15.0. The van der Waals surface area contributed by atoms with Gasteiger partial charge in [-0.3, -0.25) is 4.90 Å². The molecule has 0 radical (unpaired) electrons. The van der Waals surface area contributed by atoms with E-state index >= 15 is 0 Å². The summed E-state index contributed by atoms with van der Waals surface area (Å²) in [5.41, 5.74) is 7.58. The molecule has 2 aromatic heterocycles. The van der Waals surface area contributed by atoms with Crippen molar-refractivity contribution < 1.29 is 18.3 Å². The van der Waals surface area contributed by atoms with Crippen molar-refractivity contribution in [3.8, 4) is 0 Å². The topological polar surface area (TPSA) is 88.4 Å². The number of aliphatic hydroxyl groups excluding tert-OH is 1. The van der Waals surface area contributed by atoms with Crippen LogP contribution in [0.25, 0.3) is 11.1 Å². The van der Waals surface area contributed by atoms with Gasteiger partial charge in [0.15, 0.2) is 0 Å². The normalized spacial score (nSPS) is 20.6. The van der Waals surface area contributed by atoms with Gasteiger partial charge in [-0.2, -0.15) is 4.98 Å². The van der Waals surface area contributed by atoms with E-state index < -0.39 is 23.8 Å². The van der Waals surface area contributed by atoms with Gasteiger partial charge in [-0.1, -0.05) is 0 Å². The number of nitrogen functional groups attached to an aromatic ring is 1. The number of fused-ring (bicyclic) bond motifs is 1. The summed E-state index contributed by atoms with van der Waals surface area (Å²) in [5, 5.41) is 10.8. The molecule has 1 saturated heterocycles. The number of aliphatic hydroxyl groups is 1. The molecule has 2 unspecified atom stereocenters. The van der Waals surface area contributed by atoms with Crippen molar-refractivity contribution in [1.82, 2.24) is 14.9 Å². The Labute approximate surface area is 154 Å². The molecule has 1 aliphatic heterocycles. The van der Waals surface area contributed by atoms with Crippen LogP contribution in [0.5, 0.6) is 0 Å². The fourth-order valence-corrected chi connectivity index (χ4v) is 3.73. The van der Waals surface area contributed by atoms with Crippen LogP contribution < -0.4 is 5.73 Å². The third-order valence-corrected chi connectivity index (χ3v) is 5.15. The van der Waals surface area contributed by atoms with Crippen molar-refractivity contribution in [2.75, 3.05) is 12.3 Å². The Bertz CT molecular complexity index is 1020. The number of anilines is 1. The first-order valence-electron chi connectivity index (χ1n) is 8.72. The van der Waals surface area contributed by atoms with Crippen LogP contribution in [-0.4, -0.2) is 32.6 Å². The predicted molar refractivity (Wildman–Crippen MR) is 95.8 cm³/mol. The minimum absolute atomic E-state index is 0.213. The molecule has 1 fully saturated rings. The van der Waals surface area contributed by atoms with Gasteiger partial charge >= 0.3 is 0 Å². The summed E-state index contributed by atoms with van der Waals surface area (Å²) in [4.78, 5) is 10.6. The molecule has 142 valence electrons. The molecule has 0 bridgehead atoms. The van der Waals surface area contributed by atoms with E-state index in [1.807, 2.05) is 18.7 Å². The van der Waals surface area contributed by atoms with Crippen molar-refractivity contribution >= 4 is 16.9 Å². The maximum Gasteiger partial charge on any atom is 0.231 e. The molecular weight excluding hydrogens is 354 g/mol. The second kappa shape index (κ2) is 6.54. The molecule has 0 aliphatic carbocycles. The van der Waals surface area contributed by atoms with Crippen LogP contribution in [0.1, 0.15) is 35.2 Å². The van der Waals surface area contributed by atoms with Gasteiger partial charge < -0.3 is 15.3 Å². The Morgan fingerprint density at radius 1 is 1.30 bits per heavy atom. The van der Waals surface area contributed by atoms with Gasteiger partial charge in [0.2, 0.25) is 5.71 Å². The number of likely N-dealkylation sites (tertiary alicyclic amines) is 1. The van der Waals surface area contributed by atoms with Gasteiger partial charge in [0, 0.05) is 23.7 Å². The highest BCUT2D eigenvalue weighted by molar-refractivity contribution is 5.88. The first-order valence-corrected chi connectivity index (χ1v) is 8.72. The fourth-order valence-electron chi connectivity index (χ4n) is 3.73. The molecule has 1 aromatic carbocycles. The smallest absolute Gasteiger partial charge is 0.231 e. The summed E-state index contributed by atoms with van der Waals surface area (Å²) >= 11 is 0. The number of aryl methyl sites for hydroxylation is 2. The van der Waals surface area contributed by atoms with Crippen molar-refractivity contribution in [1.29, 1.82) is 0 Å². The third-order valence-electron chi connectivity index (χ3n) is 5.15. The van der Waals surface area contributed by atoms with E-state index in [1.165, 1.54) is 6.07 Å².